The molecule has 2 aromatic rings. The van der Waals surface area contributed by atoms with E-state index in [1.807, 2.05) is 42.5 Å². The quantitative estimate of drug-likeness (QED) is 0.834. The van der Waals surface area contributed by atoms with Gasteiger partial charge in [-0.3, -0.25) is 9.59 Å². The number of amides is 2. The van der Waals surface area contributed by atoms with Crippen LogP contribution in [0.25, 0.3) is 0 Å². The topological polar surface area (TPSA) is 67.9 Å². The lowest BCUT2D eigenvalue weighted by molar-refractivity contribution is -0.133. The normalized spacial score (nSPS) is 16.4. The van der Waals surface area contributed by atoms with Crippen molar-refractivity contribution in [1.82, 2.24) is 4.90 Å². The molecule has 0 saturated carbocycles. The van der Waals surface area contributed by atoms with E-state index in [0.717, 1.165) is 24.1 Å². The maximum atomic E-state index is 12.8. The molecule has 1 N–H and O–H groups in total. The van der Waals surface area contributed by atoms with Gasteiger partial charge in [0.2, 0.25) is 11.8 Å². The lowest BCUT2D eigenvalue weighted by Gasteiger charge is -2.32. The number of rotatable bonds is 6. The monoisotopic (exact) mass is 382 g/mol. The fourth-order valence-corrected chi connectivity index (χ4v) is 3.46. The van der Waals surface area contributed by atoms with Crippen LogP contribution >= 0.6 is 0 Å². The minimum atomic E-state index is -0.191. The lowest BCUT2D eigenvalue weighted by Crippen LogP contribution is -2.44. The number of hydrogen-bond donors (Lipinski definition) is 1. The zero-order valence-corrected chi connectivity index (χ0v) is 16.3. The van der Waals surface area contributed by atoms with Gasteiger partial charge in [0.25, 0.3) is 0 Å². The van der Waals surface area contributed by atoms with E-state index in [9.17, 15) is 9.59 Å². The maximum absolute atomic E-state index is 12.8. The molecule has 0 radical (unpaired) electrons. The highest BCUT2D eigenvalue weighted by Crippen LogP contribution is 2.28. The van der Waals surface area contributed by atoms with Gasteiger partial charge >= 0.3 is 0 Å². The van der Waals surface area contributed by atoms with Crippen LogP contribution < -0.4 is 14.8 Å². The van der Waals surface area contributed by atoms with Crippen LogP contribution in [0.4, 0.5) is 5.69 Å². The van der Waals surface area contributed by atoms with E-state index in [1.165, 1.54) is 0 Å². The van der Waals surface area contributed by atoms with Crippen LogP contribution in [0.1, 0.15) is 18.4 Å². The van der Waals surface area contributed by atoms with Gasteiger partial charge in [-0.1, -0.05) is 24.3 Å². The molecule has 2 amide bonds. The molecule has 0 bridgehead atoms. The van der Waals surface area contributed by atoms with Crippen molar-refractivity contribution in [3.8, 4) is 11.5 Å². The van der Waals surface area contributed by atoms with Crippen molar-refractivity contribution in [3.63, 3.8) is 0 Å². The molecule has 0 aliphatic carbocycles. The molecule has 1 heterocycles. The van der Waals surface area contributed by atoms with Gasteiger partial charge in [0.15, 0.2) is 11.5 Å². The molecule has 1 atom stereocenters. The molecule has 28 heavy (non-hydrogen) atoms. The highest BCUT2D eigenvalue weighted by atomic mass is 16.5. The molecular formula is C22H26N2O4. The van der Waals surface area contributed by atoms with Gasteiger partial charge < -0.3 is 19.7 Å². The van der Waals surface area contributed by atoms with E-state index >= 15 is 0 Å². The first-order chi connectivity index (χ1) is 13.6. The summed E-state index contributed by atoms with van der Waals surface area (Å²) < 4.78 is 10.5. The number of methoxy groups -OCH3 is 2. The SMILES string of the molecule is COc1ccc(CC(=O)N2CCCC(C(=O)Nc3ccccc3)C2)cc1OC. The van der Waals surface area contributed by atoms with Gasteiger partial charge in [0, 0.05) is 18.8 Å². The first kappa shape index (κ1) is 19.7. The van der Waals surface area contributed by atoms with Crippen LogP contribution in [-0.4, -0.2) is 44.0 Å². The molecular weight excluding hydrogens is 356 g/mol. The number of benzene rings is 2. The Balaban J connectivity index is 1.60. The van der Waals surface area contributed by atoms with E-state index in [-0.39, 0.29) is 24.2 Å². The van der Waals surface area contributed by atoms with Gasteiger partial charge in [0.1, 0.15) is 0 Å². The molecule has 6 nitrogen and oxygen atoms in total. The predicted octanol–water partition coefficient (Wildman–Crippen LogP) is 3.12. The molecule has 1 aliphatic rings. The summed E-state index contributed by atoms with van der Waals surface area (Å²) >= 11 is 0. The smallest absolute Gasteiger partial charge is 0.229 e. The molecule has 6 heteroatoms. The number of likely N-dealkylation sites (tertiary alicyclic amines) is 1. The van der Waals surface area contributed by atoms with Crippen molar-refractivity contribution in [2.24, 2.45) is 5.92 Å². The average molecular weight is 382 g/mol. The van der Waals surface area contributed by atoms with Crippen LogP contribution in [0, 0.1) is 5.92 Å². The Hall–Kier alpha value is -3.02. The van der Waals surface area contributed by atoms with Crippen molar-refractivity contribution in [2.75, 3.05) is 32.6 Å². The molecule has 0 spiro atoms. The van der Waals surface area contributed by atoms with E-state index in [4.69, 9.17) is 9.47 Å². The van der Waals surface area contributed by atoms with Crippen molar-refractivity contribution < 1.29 is 19.1 Å². The third-order valence-electron chi connectivity index (χ3n) is 4.99. The summed E-state index contributed by atoms with van der Waals surface area (Å²) in [7, 11) is 3.15. The number of anilines is 1. The zero-order valence-electron chi connectivity index (χ0n) is 16.3. The zero-order chi connectivity index (χ0) is 19.9. The second kappa shape index (κ2) is 9.26. The van der Waals surface area contributed by atoms with Gasteiger partial charge in [-0.2, -0.15) is 0 Å². The first-order valence-corrected chi connectivity index (χ1v) is 9.45. The summed E-state index contributed by atoms with van der Waals surface area (Å²) in [4.78, 5) is 27.1. The number of para-hydroxylation sites is 1. The summed E-state index contributed by atoms with van der Waals surface area (Å²) in [5.41, 5.74) is 1.64. The fourth-order valence-electron chi connectivity index (χ4n) is 3.46. The third kappa shape index (κ3) is 4.82. The Morgan fingerprint density at radius 1 is 1.07 bits per heavy atom. The molecule has 1 unspecified atom stereocenters. The van der Waals surface area contributed by atoms with Gasteiger partial charge in [-0.25, -0.2) is 0 Å². The van der Waals surface area contributed by atoms with Crippen molar-refractivity contribution in [1.29, 1.82) is 0 Å². The van der Waals surface area contributed by atoms with E-state index < -0.39 is 0 Å². The predicted molar refractivity (Wildman–Crippen MR) is 108 cm³/mol. The number of carbonyl (C=O) groups excluding carboxylic acids is 2. The van der Waals surface area contributed by atoms with E-state index in [1.54, 1.807) is 25.2 Å². The van der Waals surface area contributed by atoms with Crippen LogP contribution in [0.15, 0.2) is 48.5 Å². The fraction of sp³-hybridized carbons (Fsp3) is 0.364. The van der Waals surface area contributed by atoms with Crippen LogP contribution in [-0.2, 0) is 16.0 Å². The van der Waals surface area contributed by atoms with Crippen molar-refractivity contribution in [3.05, 3.63) is 54.1 Å². The van der Waals surface area contributed by atoms with Crippen molar-refractivity contribution >= 4 is 17.5 Å². The summed E-state index contributed by atoms with van der Waals surface area (Å²) in [6.45, 7) is 1.13. The highest BCUT2D eigenvalue weighted by Gasteiger charge is 2.28. The lowest BCUT2D eigenvalue weighted by atomic mass is 9.96. The van der Waals surface area contributed by atoms with Gasteiger partial charge in [-0.05, 0) is 42.7 Å². The minimum absolute atomic E-state index is 0.0180. The maximum Gasteiger partial charge on any atom is 0.229 e. The average Bonchev–Trinajstić information content (AvgIpc) is 2.74. The highest BCUT2D eigenvalue weighted by molar-refractivity contribution is 5.93. The molecule has 2 aromatic carbocycles. The third-order valence-corrected chi connectivity index (χ3v) is 4.99. The molecule has 1 aliphatic heterocycles. The van der Waals surface area contributed by atoms with E-state index in [2.05, 4.69) is 5.32 Å². The van der Waals surface area contributed by atoms with Crippen LogP contribution in [0.2, 0.25) is 0 Å². The van der Waals surface area contributed by atoms with Gasteiger partial charge in [-0.15, -0.1) is 0 Å². The van der Waals surface area contributed by atoms with Crippen LogP contribution in [0.5, 0.6) is 11.5 Å². The molecule has 0 aromatic heterocycles. The Morgan fingerprint density at radius 2 is 1.82 bits per heavy atom. The molecule has 148 valence electrons. The summed E-state index contributed by atoms with van der Waals surface area (Å²) in [5.74, 6) is 1.03. The molecule has 1 fully saturated rings. The molecule has 3 rings (SSSR count). The second-order valence-electron chi connectivity index (χ2n) is 6.90. The molecule has 1 saturated heterocycles. The minimum Gasteiger partial charge on any atom is -0.493 e. The number of nitrogens with zero attached hydrogens (tertiary/aromatic N) is 1. The van der Waals surface area contributed by atoms with Crippen LogP contribution in [0.3, 0.4) is 0 Å². The first-order valence-electron chi connectivity index (χ1n) is 9.45. The second-order valence-corrected chi connectivity index (χ2v) is 6.90. The number of ether oxygens (including phenoxy) is 2. The number of carbonyl (C=O) groups is 2. The summed E-state index contributed by atoms with van der Waals surface area (Å²) in [6.07, 6.45) is 1.89. The largest absolute Gasteiger partial charge is 0.493 e. The van der Waals surface area contributed by atoms with Crippen molar-refractivity contribution in [2.45, 2.75) is 19.3 Å². The Kier molecular flexibility index (Phi) is 6.53. The Bertz CT molecular complexity index is 823. The Morgan fingerprint density at radius 3 is 2.54 bits per heavy atom. The standard InChI is InChI=1S/C22H26N2O4/c1-27-19-11-10-16(13-20(19)28-2)14-21(25)24-12-6-7-17(15-24)22(26)23-18-8-4-3-5-9-18/h3-5,8-11,13,17H,6-7,12,14-15H2,1-2H3,(H,23,26). The number of nitrogens with one attached hydrogen (secondary N) is 1. The number of piperidine rings is 1. The van der Waals surface area contributed by atoms with Gasteiger partial charge in [0.05, 0.1) is 26.6 Å². The Labute approximate surface area is 165 Å². The summed E-state index contributed by atoms with van der Waals surface area (Å²) in [5, 5.41) is 2.94. The van der Waals surface area contributed by atoms with E-state index in [0.29, 0.717) is 24.6 Å². The number of hydrogen-bond acceptors (Lipinski definition) is 4. The summed E-state index contributed by atoms with van der Waals surface area (Å²) in [6, 6.07) is 14.9.